The zero-order valence-electron chi connectivity index (χ0n) is 12.6. The van der Waals surface area contributed by atoms with Crippen LogP contribution in [0.5, 0.6) is 11.5 Å². The van der Waals surface area contributed by atoms with Gasteiger partial charge in [0.25, 0.3) is 0 Å². The highest BCUT2D eigenvalue weighted by atomic mass is 16.5. The Morgan fingerprint density at radius 3 is 2.80 bits per heavy atom. The third-order valence-electron chi connectivity index (χ3n) is 3.49. The van der Waals surface area contributed by atoms with Crippen LogP contribution in [0.4, 0.5) is 0 Å². The normalized spacial score (nSPS) is 20.1. The topological polar surface area (TPSA) is 53.7 Å². The van der Waals surface area contributed by atoms with Crippen molar-refractivity contribution in [3.63, 3.8) is 0 Å². The molecule has 20 heavy (non-hydrogen) atoms. The van der Waals surface area contributed by atoms with Gasteiger partial charge in [0, 0.05) is 37.8 Å². The molecule has 0 aromatic heterocycles. The van der Waals surface area contributed by atoms with Gasteiger partial charge in [0.15, 0.2) is 0 Å². The second-order valence-electron chi connectivity index (χ2n) is 5.92. The summed E-state index contributed by atoms with van der Waals surface area (Å²) in [5, 5.41) is 0. The molecule has 1 atom stereocenters. The summed E-state index contributed by atoms with van der Waals surface area (Å²) in [6.45, 7) is 5.60. The summed E-state index contributed by atoms with van der Waals surface area (Å²) < 4.78 is 16.8. The molecule has 0 aliphatic carbocycles. The van der Waals surface area contributed by atoms with Crippen LogP contribution in [-0.2, 0) is 4.74 Å². The minimum Gasteiger partial charge on any atom is -0.493 e. The van der Waals surface area contributed by atoms with Crippen molar-refractivity contribution in [3.05, 3.63) is 23.8 Å². The molecule has 112 valence electrons. The van der Waals surface area contributed by atoms with Gasteiger partial charge in [0.1, 0.15) is 17.1 Å². The van der Waals surface area contributed by atoms with E-state index in [1.54, 1.807) is 7.11 Å². The summed E-state index contributed by atoms with van der Waals surface area (Å²) in [4.78, 5) is 0. The van der Waals surface area contributed by atoms with Gasteiger partial charge in [0.2, 0.25) is 0 Å². The summed E-state index contributed by atoms with van der Waals surface area (Å²) in [5.41, 5.74) is 7.04. The number of ether oxygens (including phenoxy) is 3. The van der Waals surface area contributed by atoms with Crippen molar-refractivity contribution >= 4 is 0 Å². The monoisotopic (exact) mass is 279 g/mol. The van der Waals surface area contributed by atoms with Gasteiger partial charge in [-0.1, -0.05) is 6.07 Å². The third kappa shape index (κ3) is 3.87. The number of fused-ring (bicyclic) bond motifs is 1. The van der Waals surface area contributed by atoms with Crippen LogP contribution in [0.3, 0.4) is 0 Å². The Balaban J connectivity index is 1.97. The second-order valence-corrected chi connectivity index (χ2v) is 5.92. The SMILES string of the molecule is COCCCCOc1ccc2c(c1)OC(C)(C)CC2N. The summed E-state index contributed by atoms with van der Waals surface area (Å²) >= 11 is 0. The number of hydrogen-bond donors (Lipinski definition) is 1. The quantitative estimate of drug-likeness (QED) is 0.813. The molecule has 0 spiro atoms. The van der Waals surface area contributed by atoms with Crippen LogP contribution in [-0.4, -0.2) is 25.9 Å². The van der Waals surface area contributed by atoms with Crippen molar-refractivity contribution in [2.45, 2.75) is 44.8 Å². The third-order valence-corrected chi connectivity index (χ3v) is 3.49. The van der Waals surface area contributed by atoms with Gasteiger partial charge in [-0.2, -0.15) is 0 Å². The Kier molecular flexibility index (Phi) is 4.89. The van der Waals surface area contributed by atoms with Gasteiger partial charge in [-0.3, -0.25) is 0 Å². The molecule has 0 amide bonds. The van der Waals surface area contributed by atoms with Crippen LogP contribution in [0, 0.1) is 0 Å². The largest absolute Gasteiger partial charge is 0.493 e. The number of methoxy groups -OCH3 is 1. The minimum atomic E-state index is -0.219. The highest BCUT2D eigenvalue weighted by molar-refractivity contribution is 5.44. The Labute approximate surface area is 121 Å². The van der Waals surface area contributed by atoms with Crippen LogP contribution in [0.15, 0.2) is 18.2 Å². The van der Waals surface area contributed by atoms with E-state index < -0.39 is 0 Å². The summed E-state index contributed by atoms with van der Waals surface area (Å²) in [6, 6.07) is 5.97. The molecular formula is C16H25NO3. The van der Waals surface area contributed by atoms with E-state index in [4.69, 9.17) is 19.9 Å². The first-order valence-electron chi connectivity index (χ1n) is 7.22. The van der Waals surface area contributed by atoms with E-state index in [0.717, 1.165) is 42.9 Å². The minimum absolute atomic E-state index is 0.0319. The number of benzene rings is 1. The average molecular weight is 279 g/mol. The molecule has 1 aromatic rings. The van der Waals surface area contributed by atoms with Gasteiger partial charge in [-0.05, 0) is 32.8 Å². The summed E-state index contributed by atoms with van der Waals surface area (Å²) in [5.74, 6) is 1.69. The lowest BCUT2D eigenvalue weighted by molar-refractivity contribution is 0.0724. The number of nitrogens with two attached hydrogens (primary N) is 1. The van der Waals surface area contributed by atoms with Crippen LogP contribution < -0.4 is 15.2 Å². The summed E-state index contributed by atoms with van der Waals surface area (Å²) in [6.07, 6.45) is 2.82. The van der Waals surface area contributed by atoms with Crippen LogP contribution in [0.1, 0.15) is 44.7 Å². The van der Waals surface area contributed by atoms with Gasteiger partial charge < -0.3 is 19.9 Å². The average Bonchev–Trinajstić information content (AvgIpc) is 2.36. The molecule has 0 fully saturated rings. The molecule has 1 aromatic carbocycles. The van der Waals surface area contributed by atoms with E-state index in [1.165, 1.54) is 0 Å². The number of unbranched alkanes of at least 4 members (excludes halogenated alkanes) is 1. The lowest BCUT2D eigenvalue weighted by atomic mass is 9.90. The van der Waals surface area contributed by atoms with E-state index >= 15 is 0 Å². The van der Waals surface area contributed by atoms with Crippen LogP contribution in [0.2, 0.25) is 0 Å². The molecule has 1 heterocycles. The van der Waals surface area contributed by atoms with Crippen LogP contribution in [0.25, 0.3) is 0 Å². The first-order valence-corrected chi connectivity index (χ1v) is 7.22. The summed E-state index contributed by atoms with van der Waals surface area (Å²) in [7, 11) is 1.71. The predicted octanol–water partition coefficient (Wildman–Crippen LogP) is 3.05. The van der Waals surface area contributed by atoms with E-state index in [1.807, 2.05) is 18.2 Å². The van der Waals surface area contributed by atoms with Crippen molar-refractivity contribution in [3.8, 4) is 11.5 Å². The van der Waals surface area contributed by atoms with Gasteiger partial charge in [-0.15, -0.1) is 0 Å². The van der Waals surface area contributed by atoms with Crippen LogP contribution >= 0.6 is 0 Å². The first kappa shape index (κ1) is 15.1. The second kappa shape index (κ2) is 6.46. The molecule has 0 saturated heterocycles. The van der Waals surface area contributed by atoms with E-state index in [0.29, 0.717) is 6.61 Å². The van der Waals surface area contributed by atoms with Crippen molar-refractivity contribution in [2.24, 2.45) is 5.73 Å². The Morgan fingerprint density at radius 2 is 2.05 bits per heavy atom. The molecule has 4 nitrogen and oxygen atoms in total. The Morgan fingerprint density at radius 1 is 1.30 bits per heavy atom. The standard InChI is InChI=1S/C16H25NO3/c1-16(2)11-14(17)13-7-6-12(10-15(13)20-16)19-9-5-4-8-18-3/h6-7,10,14H,4-5,8-9,11,17H2,1-3H3. The molecule has 1 aliphatic heterocycles. The fourth-order valence-electron chi connectivity index (χ4n) is 2.52. The molecule has 0 radical (unpaired) electrons. The van der Waals surface area contributed by atoms with E-state index in [-0.39, 0.29) is 11.6 Å². The predicted molar refractivity (Wildman–Crippen MR) is 79.3 cm³/mol. The van der Waals surface area contributed by atoms with Gasteiger partial charge in [0.05, 0.1) is 6.61 Å². The van der Waals surface area contributed by atoms with Gasteiger partial charge >= 0.3 is 0 Å². The lowest BCUT2D eigenvalue weighted by Gasteiger charge is -2.36. The van der Waals surface area contributed by atoms with Crippen molar-refractivity contribution in [1.82, 2.24) is 0 Å². The Bertz CT molecular complexity index is 445. The zero-order chi connectivity index (χ0) is 14.6. The highest BCUT2D eigenvalue weighted by Gasteiger charge is 2.31. The maximum atomic E-state index is 6.19. The fourth-order valence-corrected chi connectivity index (χ4v) is 2.52. The van der Waals surface area contributed by atoms with E-state index in [9.17, 15) is 0 Å². The fraction of sp³-hybridized carbons (Fsp3) is 0.625. The number of rotatable bonds is 6. The maximum Gasteiger partial charge on any atom is 0.128 e. The molecular weight excluding hydrogens is 254 g/mol. The van der Waals surface area contributed by atoms with Crippen molar-refractivity contribution < 1.29 is 14.2 Å². The smallest absolute Gasteiger partial charge is 0.128 e. The molecule has 4 heteroatoms. The number of hydrogen-bond acceptors (Lipinski definition) is 4. The Hall–Kier alpha value is -1.26. The zero-order valence-corrected chi connectivity index (χ0v) is 12.6. The molecule has 2 N–H and O–H groups in total. The van der Waals surface area contributed by atoms with E-state index in [2.05, 4.69) is 13.8 Å². The molecule has 2 rings (SSSR count). The lowest BCUT2D eigenvalue weighted by Crippen LogP contribution is -2.37. The van der Waals surface area contributed by atoms with Gasteiger partial charge in [-0.25, -0.2) is 0 Å². The molecule has 0 bridgehead atoms. The maximum absolute atomic E-state index is 6.19. The molecule has 1 unspecified atom stereocenters. The van der Waals surface area contributed by atoms with Crippen molar-refractivity contribution in [2.75, 3.05) is 20.3 Å². The first-order chi connectivity index (χ1) is 9.52. The molecule has 0 saturated carbocycles. The van der Waals surface area contributed by atoms with Crippen molar-refractivity contribution in [1.29, 1.82) is 0 Å². The highest BCUT2D eigenvalue weighted by Crippen LogP contribution is 2.39. The molecule has 1 aliphatic rings.